The van der Waals surface area contributed by atoms with Crippen molar-refractivity contribution in [2.75, 3.05) is 26.7 Å². The lowest BCUT2D eigenvalue weighted by Gasteiger charge is -2.17. The van der Waals surface area contributed by atoms with Crippen LogP contribution in [0.3, 0.4) is 0 Å². The third kappa shape index (κ3) is 5.80. The molecule has 1 aliphatic heterocycles. The van der Waals surface area contributed by atoms with Crippen LogP contribution < -0.4 is 10.1 Å². The van der Waals surface area contributed by atoms with E-state index in [0.29, 0.717) is 30.5 Å². The van der Waals surface area contributed by atoms with Crippen LogP contribution in [-0.2, 0) is 19.4 Å². The van der Waals surface area contributed by atoms with E-state index < -0.39 is 0 Å². The van der Waals surface area contributed by atoms with Crippen LogP contribution in [0.15, 0.2) is 53.1 Å². The minimum Gasteiger partial charge on any atom is -0.488 e. The number of hydrogen-bond acceptors (Lipinski definition) is 6. The molecule has 4 aromatic rings. The molecule has 0 bridgehead atoms. The summed E-state index contributed by atoms with van der Waals surface area (Å²) in [7, 11) is 2.17. The van der Waals surface area contributed by atoms with Crippen molar-refractivity contribution < 1.29 is 14.1 Å². The van der Waals surface area contributed by atoms with Crippen LogP contribution in [0.2, 0.25) is 0 Å². The number of aromatic nitrogens is 1. The third-order valence-corrected chi connectivity index (χ3v) is 8.60. The molecule has 6 nitrogen and oxygen atoms in total. The number of fused-ring (bicyclic) bond motifs is 1. The molecular weight excluding hydrogens is 506 g/mol. The van der Waals surface area contributed by atoms with Gasteiger partial charge in [-0.1, -0.05) is 49.3 Å². The smallest absolute Gasteiger partial charge is 0.274 e. The number of aryl methyl sites for hydroxylation is 1. The molecule has 0 radical (unpaired) electrons. The molecule has 0 aliphatic carbocycles. The lowest BCUT2D eigenvalue weighted by atomic mass is 9.93. The Hall–Kier alpha value is -3.42. The first-order chi connectivity index (χ1) is 18.9. The lowest BCUT2D eigenvalue weighted by Crippen LogP contribution is -2.23. The van der Waals surface area contributed by atoms with Crippen molar-refractivity contribution in [1.29, 1.82) is 0 Å². The molecule has 0 saturated carbocycles. The maximum Gasteiger partial charge on any atom is 0.274 e. The number of rotatable bonds is 8. The summed E-state index contributed by atoms with van der Waals surface area (Å²) in [5.41, 5.74) is 6.69. The molecule has 5 rings (SSSR count). The van der Waals surface area contributed by atoms with Gasteiger partial charge in [0.25, 0.3) is 5.91 Å². The highest BCUT2D eigenvalue weighted by molar-refractivity contribution is 7.15. The van der Waals surface area contributed by atoms with Gasteiger partial charge in [-0.05, 0) is 80.1 Å². The standard InChI is InChI=1S/C32H37N3O3S/c1-6-33-32(36)30-29(28-17-23-12-14-35(5)15-13-27(23)39-28)31(38-34-30)25-18-24(20(2)3)21(4)16-26(25)37-19-22-10-8-7-9-11-22/h7-11,16-18,20H,6,12-15,19H2,1-5H3,(H,33,36). The molecular formula is C32H37N3O3S. The van der Waals surface area contributed by atoms with E-state index in [9.17, 15) is 4.79 Å². The van der Waals surface area contributed by atoms with Gasteiger partial charge in [-0.15, -0.1) is 11.3 Å². The van der Waals surface area contributed by atoms with Gasteiger partial charge in [0, 0.05) is 29.4 Å². The van der Waals surface area contributed by atoms with Crippen molar-refractivity contribution >= 4 is 17.2 Å². The van der Waals surface area contributed by atoms with Crippen molar-refractivity contribution in [1.82, 2.24) is 15.4 Å². The summed E-state index contributed by atoms with van der Waals surface area (Å²) in [5, 5.41) is 7.26. The zero-order chi connectivity index (χ0) is 27.5. The van der Waals surface area contributed by atoms with Crippen molar-refractivity contribution in [3.63, 3.8) is 0 Å². The number of nitrogens with zero attached hydrogens (tertiary/aromatic N) is 2. The number of hydrogen-bond donors (Lipinski definition) is 1. The van der Waals surface area contributed by atoms with Crippen LogP contribution in [0.5, 0.6) is 5.75 Å². The minimum absolute atomic E-state index is 0.228. The van der Waals surface area contributed by atoms with Crippen molar-refractivity contribution in [2.45, 2.75) is 53.1 Å². The maximum absolute atomic E-state index is 13.2. The number of carbonyl (C=O) groups excluding carboxylic acids is 1. The summed E-state index contributed by atoms with van der Waals surface area (Å²) in [6.07, 6.45) is 1.99. The number of ether oxygens (including phenoxy) is 1. The molecule has 0 fully saturated rings. The largest absolute Gasteiger partial charge is 0.488 e. The van der Waals surface area contributed by atoms with Crippen LogP contribution in [0.1, 0.15) is 64.3 Å². The average Bonchev–Trinajstić information content (AvgIpc) is 3.50. The quantitative estimate of drug-likeness (QED) is 0.263. The first-order valence-corrected chi connectivity index (χ1v) is 14.6. The molecule has 3 heterocycles. The number of benzene rings is 2. The van der Waals surface area contributed by atoms with Crippen LogP contribution in [0, 0.1) is 6.92 Å². The van der Waals surface area contributed by atoms with Gasteiger partial charge in [-0.25, -0.2) is 0 Å². The van der Waals surface area contributed by atoms with Crippen molar-refractivity contribution in [2.24, 2.45) is 0 Å². The summed E-state index contributed by atoms with van der Waals surface area (Å²) in [6, 6.07) is 16.6. The second-order valence-corrected chi connectivity index (χ2v) is 11.7. The highest BCUT2D eigenvalue weighted by Gasteiger charge is 2.29. The first-order valence-electron chi connectivity index (χ1n) is 13.8. The Morgan fingerprint density at radius 3 is 2.67 bits per heavy atom. The monoisotopic (exact) mass is 543 g/mol. The predicted molar refractivity (Wildman–Crippen MR) is 158 cm³/mol. The highest BCUT2D eigenvalue weighted by Crippen LogP contribution is 2.45. The summed E-state index contributed by atoms with van der Waals surface area (Å²) in [6.45, 7) is 11.4. The Bertz CT molecular complexity index is 1430. The van der Waals surface area contributed by atoms with E-state index in [1.54, 1.807) is 11.3 Å². The summed E-state index contributed by atoms with van der Waals surface area (Å²) in [5.74, 6) is 1.39. The number of amides is 1. The molecule has 2 aromatic carbocycles. The van der Waals surface area contributed by atoms with Gasteiger partial charge in [0.15, 0.2) is 11.5 Å². The van der Waals surface area contributed by atoms with Gasteiger partial charge >= 0.3 is 0 Å². The first kappa shape index (κ1) is 27.2. The molecule has 2 aromatic heterocycles. The second-order valence-electron chi connectivity index (χ2n) is 10.6. The minimum atomic E-state index is -0.228. The molecule has 0 unspecified atom stereocenters. The lowest BCUT2D eigenvalue weighted by molar-refractivity contribution is 0.0947. The predicted octanol–water partition coefficient (Wildman–Crippen LogP) is 6.86. The van der Waals surface area contributed by atoms with Crippen LogP contribution in [0.4, 0.5) is 0 Å². The van der Waals surface area contributed by atoms with Crippen molar-refractivity contribution in [3.05, 3.63) is 81.4 Å². The Morgan fingerprint density at radius 1 is 1.15 bits per heavy atom. The number of thiophene rings is 1. The van der Waals surface area contributed by atoms with E-state index in [-0.39, 0.29) is 5.91 Å². The normalized spacial score (nSPS) is 13.8. The van der Waals surface area contributed by atoms with E-state index in [1.807, 2.05) is 25.1 Å². The SMILES string of the molecule is CCNC(=O)c1noc(-c2cc(C(C)C)c(C)cc2OCc2ccccc2)c1-c1cc2c(s1)CCN(C)CC2. The van der Waals surface area contributed by atoms with Gasteiger partial charge in [-0.2, -0.15) is 0 Å². The van der Waals surface area contributed by atoms with Gasteiger partial charge in [-0.3, -0.25) is 4.79 Å². The maximum atomic E-state index is 13.2. The Kier molecular flexibility index (Phi) is 8.19. The Balaban J connectivity index is 1.65. The van der Waals surface area contributed by atoms with Gasteiger partial charge in [0.05, 0.1) is 11.1 Å². The summed E-state index contributed by atoms with van der Waals surface area (Å²) >= 11 is 1.75. The van der Waals surface area contributed by atoms with Gasteiger partial charge < -0.3 is 19.5 Å². The molecule has 39 heavy (non-hydrogen) atoms. The molecule has 204 valence electrons. The fourth-order valence-electron chi connectivity index (χ4n) is 5.18. The fraction of sp³-hybridized carbons (Fsp3) is 0.375. The third-order valence-electron chi connectivity index (χ3n) is 7.34. The van der Waals surface area contributed by atoms with E-state index in [0.717, 1.165) is 58.8 Å². The van der Waals surface area contributed by atoms with Gasteiger partial charge in [0.1, 0.15) is 12.4 Å². The molecule has 0 saturated heterocycles. The number of carbonyl (C=O) groups is 1. The second kappa shape index (κ2) is 11.8. The highest BCUT2D eigenvalue weighted by atomic mass is 32.1. The van der Waals surface area contributed by atoms with E-state index >= 15 is 0 Å². The zero-order valence-electron chi connectivity index (χ0n) is 23.5. The van der Waals surface area contributed by atoms with Crippen LogP contribution in [0.25, 0.3) is 21.8 Å². The molecule has 1 amide bonds. The average molecular weight is 544 g/mol. The summed E-state index contributed by atoms with van der Waals surface area (Å²) < 4.78 is 12.5. The molecule has 7 heteroatoms. The molecule has 1 aliphatic rings. The molecule has 0 spiro atoms. The van der Waals surface area contributed by atoms with E-state index in [4.69, 9.17) is 9.26 Å². The van der Waals surface area contributed by atoms with Crippen LogP contribution in [-0.4, -0.2) is 42.6 Å². The molecule has 1 N–H and O–H groups in total. The number of likely N-dealkylation sites (N-methyl/N-ethyl adjacent to an activating group) is 1. The fourth-order valence-corrected chi connectivity index (χ4v) is 6.43. The zero-order valence-corrected chi connectivity index (χ0v) is 24.3. The van der Waals surface area contributed by atoms with Crippen LogP contribution >= 0.6 is 11.3 Å². The summed E-state index contributed by atoms with van der Waals surface area (Å²) in [4.78, 5) is 17.9. The van der Waals surface area contributed by atoms with Gasteiger partial charge in [0.2, 0.25) is 0 Å². The van der Waals surface area contributed by atoms with Crippen molar-refractivity contribution in [3.8, 4) is 27.5 Å². The van der Waals surface area contributed by atoms with E-state index in [2.05, 4.69) is 73.5 Å². The Morgan fingerprint density at radius 2 is 1.92 bits per heavy atom. The van der Waals surface area contributed by atoms with E-state index in [1.165, 1.54) is 16.0 Å². The number of nitrogens with one attached hydrogen (secondary N) is 1. The molecule has 0 atom stereocenters. The topological polar surface area (TPSA) is 67.6 Å². The Labute approximate surface area is 235 Å².